The number of anilines is 1. The van der Waals surface area contributed by atoms with Crippen LogP contribution in [0.3, 0.4) is 0 Å². The lowest BCUT2D eigenvalue weighted by molar-refractivity contribution is -0.141. The molecule has 1 saturated carbocycles. The summed E-state index contributed by atoms with van der Waals surface area (Å²) < 4.78 is 38.8. The van der Waals surface area contributed by atoms with Crippen LogP contribution in [0.5, 0.6) is 0 Å². The third-order valence-electron chi connectivity index (χ3n) is 5.55. The van der Waals surface area contributed by atoms with Crippen molar-refractivity contribution in [1.29, 1.82) is 0 Å². The lowest BCUT2D eigenvalue weighted by atomic mass is 10.0. The number of nitrogens with one attached hydrogen (secondary N) is 1. The fourth-order valence-corrected chi connectivity index (χ4v) is 4.05. The van der Waals surface area contributed by atoms with E-state index in [-0.39, 0.29) is 17.8 Å². The van der Waals surface area contributed by atoms with Gasteiger partial charge in [0.15, 0.2) is 0 Å². The van der Waals surface area contributed by atoms with Crippen molar-refractivity contribution in [2.75, 3.05) is 18.0 Å². The van der Waals surface area contributed by atoms with E-state index in [1.165, 1.54) is 32.6 Å². The average molecular weight is 384 g/mol. The third-order valence-corrected chi connectivity index (χ3v) is 5.55. The average Bonchev–Trinajstić information content (AvgIpc) is 3.13. The molecule has 0 aromatic carbocycles. The summed E-state index contributed by atoms with van der Waals surface area (Å²) in [4.78, 5) is 21.6. The van der Waals surface area contributed by atoms with E-state index in [1.807, 2.05) is 4.90 Å². The monoisotopic (exact) mass is 384 g/mol. The summed E-state index contributed by atoms with van der Waals surface area (Å²) in [6, 6.07) is 1.09. The first-order valence-electron chi connectivity index (χ1n) is 9.78. The molecule has 1 aliphatic carbocycles. The normalized spacial score (nSPS) is 19.5. The van der Waals surface area contributed by atoms with Gasteiger partial charge in [0, 0.05) is 31.6 Å². The molecule has 0 bridgehead atoms. The van der Waals surface area contributed by atoms with Crippen LogP contribution >= 0.6 is 0 Å². The van der Waals surface area contributed by atoms with Gasteiger partial charge >= 0.3 is 6.18 Å². The number of piperidine rings is 1. The van der Waals surface area contributed by atoms with Gasteiger partial charge < -0.3 is 10.2 Å². The maximum absolute atomic E-state index is 12.9. The van der Waals surface area contributed by atoms with Crippen LogP contribution < -0.4 is 10.2 Å². The zero-order valence-electron chi connectivity index (χ0n) is 15.7. The summed E-state index contributed by atoms with van der Waals surface area (Å²) in [6.45, 7) is 2.61. The van der Waals surface area contributed by atoms with E-state index >= 15 is 0 Å². The first-order chi connectivity index (χ1) is 12.8. The lowest BCUT2D eigenvalue weighted by Gasteiger charge is -2.33. The van der Waals surface area contributed by atoms with Crippen molar-refractivity contribution in [1.82, 2.24) is 15.3 Å². The Labute approximate surface area is 157 Å². The molecule has 1 amide bonds. The van der Waals surface area contributed by atoms with Crippen LogP contribution in [0, 0.1) is 12.8 Å². The number of halogens is 3. The van der Waals surface area contributed by atoms with Crippen LogP contribution in [-0.2, 0) is 11.0 Å². The second-order valence-electron chi connectivity index (χ2n) is 7.67. The van der Waals surface area contributed by atoms with Crippen molar-refractivity contribution in [3.8, 4) is 0 Å². The van der Waals surface area contributed by atoms with E-state index in [0.29, 0.717) is 44.1 Å². The van der Waals surface area contributed by atoms with Crippen molar-refractivity contribution < 1.29 is 18.0 Å². The third kappa shape index (κ3) is 5.56. The number of hydrogen-bond acceptors (Lipinski definition) is 4. The number of rotatable bonds is 5. The number of aryl methyl sites for hydroxylation is 1. The number of aromatic nitrogens is 2. The number of carbonyl (C=O) groups is 1. The van der Waals surface area contributed by atoms with Crippen molar-refractivity contribution in [2.45, 2.75) is 70.5 Å². The Kier molecular flexibility index (Phi) is 6.22. The van der Waals surface area contributed by atoms with E-state index in [0.717, 1.165) is 12.5 Å². The number of alkyl halides is 3. The van der Waals surface area contributed by atoms with Gasteiger partial charge in [0.05, 0.1) is 0 Å². The summed E-state index contributed by atoms with van der Waals surface area (Å²) in [5, 5.41) is 3.08. The van der Waals surface area contributed by atoms with Gasteiger partial charge in [-0.15, -0.1) is 0 Å². The molecule has 1 N–H and O–H groups in total. The molecule has 5 nitrogen and oxygen atoms in total. The Morgan fingerprint density at radius 3 is 2.48 bits per heavy atom. The highest BCUT2D eigenvalue weighted by atomic mass is 19.4. The molecule has 1 aliphatic heterocycles. The smallest absolute Gasteiger partial charge is 0.356 e. The second kappa shape index (κ2) is 8.44. The Morgan fingerprint density at radius 1 is 1.19 bits per heavy atom. The SMILES string of the molecule is Cc1nc(N2CCC(NC(=O)CCC3CCCC3)CC2)cc(C(F)(F)F)n1. The second-order valence-corrected chi connectivity index (χ2v) is 7.67. The number of amides is 1. The molecule has 150 valence electrons. The van der Waals surface area contributed by atoms with Crippen LogP contribution in [0.4, 0.5) is 19.0 Å². The van der Waals surface area contributed by atoms with E-state index in [4.69, 9.17) is 0 Å². The van der Waals surface area contributed by atoms with Crippen molar-refractivity contribution in [3.05, 3.63) is 17.6 Å². The minimum Gasteiger partial charge on any atom is -0.356 e. The van der Waals surface area contributed by atoms with Crippen molar-refractivity contribution in [3.63, 3.8) is 0 Å². The van der Waals surface area contributed by atoms with E-state index < -0.39 is 11.9 Å². The topological polar surface area (TPSA) is 58.1 Å². The van der Waals surface area contributed by atoms with Crippen LogP contribution in [0.1, 0.15) is 62.9 Å². The quantitative estimate of drug-likeness (QED) is 0.838. The van der Waals surface area contributed by atoms with E-state index in [9.17, 15) is 18.0 Å². The minimum atomic E-state index is -4.48. The Bertz CT molecular complexity index is 651. The van der Waals surface area contributed by atoms with Gasteiger partial charge in [0.2, 0.25) is 5.91 Å². The molecule has 0 radical (unpaired) electrons. The molecule has 2 aliphatic rings. The Hall–Kier alpha value is -1.86. The molecule has 2 heterocycles. The molecule has 8 heteroatoms. The van der Waals surface area contributed by atoms with Gasteiger partial charge in [-0.05, 0) is 32.1 Å². The highest BCUT2D eigenvalue weighted by Gasteiger charge is 2.34. The molecule has 2 fully saturated rings. The summed E-state index contributed by atoms with van der Waals surface area (Å²) >= 11 is 0. The maximum atomic E-state index is 12.9. The Balaban J connectivity index is 1.48. The largest absolute Gasteiger partial charge is 0.433 e. The van der Waals surface area contributed by atoms with Gasteiger partial charge in [0.25, 0.3) is 0 Å². The molecule has 3 rings (SSSR count). The summed E-state index contributed by atoms with van der Waals surface area (Å²) in [5.41, 5.74) is -0.910. The molecular weight excluding hydrogens is 357 g/mol. The summed E-state index contributed by atoms with van der Waals surface area (Å²) in [7, 11) is 0. The van der Waals surface area contributed by atoms with Gasteiger partial charge in [-0.1, -0.05) is 25.7 Å². The predicted octanol–water partition coefficient (Wildman–Crippen LogP) is 3.86. The van der Waals surface area contributed by atoms with Crippen LogP contribution in [0.25, 0.3) is 0 Å². The first kappa shape index (κ1) is 19.9. The standard InChI is InChI=1S/C19H27F3N4O/c1-13-23-16(19(20,21)22)12-17(24-13)26-10-8-15(9-11-26)25-18(27)7-6-14-4-2-3-5-14/h12,14-15H,2-11H2,1H3,(H,25,27). The molecule has 0 atom stereocenters. The highest BCUT2D eigenvalue weighted by molar-refractivity contribution is 5.76. The van der Waals surface area contributed by atoms with Gasteiger partial charge in [-0.25, -0.2) is 9.97 Å². The number of nitrogens with zero attached hydrogens (tertiary/aromatic N) is 3. The van der Waals surface area contributed by atoms with Gasteiger partial charge in [0.1, 0.15) is 17.3 Å². The molecular formula is C19H27F3N4O. The van der Waals surface area contributed by atoms with Crippen LogP contribution in [0.15, 0.2) is 6.07 Å². The van der Waals surface area contributed by atoms with Crippen LogP contribution in [0.2, 0.25) is 0 Å². The highest BCUT2D eigenvalue weighted by Crippen LogP contribution is 2.31. The van der Waals surface area contributed by atoms with Gasteiger partial charge in [-0.3, -0.25) is 4.79 Å². The zero-order chi connectivity index (χ0) is 19.4. The molecule has 27 heavy (non-hydrogen) atoms. The molecule has 0 spiro atoms. The summed E-state index contributed by atoms with van der Waals surface area (Å²) in [6.07, 6.45) is 3.52. The Morgan fingerprint density at radius 2 is 1.85 bits per heavy atom. The maximum Gasteiger partial charge on any atom is 0.433 e. The minimum absolute atomic E-state index is 0.0855. The van der Waals surface area contributed by atoms with Crippen molar-refractivity contribution >= 4 is 11.7 Å². The molecule has 1 aromatic heterocycles. The summed E-state index contributed by atoms with van der Waals surface area (Å²) in [5.74, 6) is 1.21. The van der Waals surface area contributed by atoms with Crippen molar-refractivity contribution in [2.24, 2.45) is 5.92 Å². The first-order valence-corrected chi connectivity index (χ1v) is 9.78. The molecule has 1 saturated heterocycles. The zero-order valence-corrected chi connectivity index (χ0v) is 15.7. The fraction of sp³-hybridized carbons (Fsp3) is 0.737. The lowest BCUT2D eigenvalue weighted by Crippen LogP contribution is -2.45. The van der Waals surface area contributed by atoms with E-state index in [1.54, 1.807) is 0 Å². The fourth-order valence-electron chi connectivity index (χ4n) is 4.05. The van der Waals surface area contributed by atoms with Crippen LogP contribution in [-0.4, -0.2) is 35.0 Å². The van der Waals surface area contributed by atoms with Gasteiger partial charge in [-0.2, -0.15) is 13.2 Å². The predicted molar refractivity (Wildman–Crippen MR) is 96.3 cm³/mol. The number of carbonyl (C=O) groups excluding carboxylic acids is 1. The van der Waals surface area contributed by atoms with E-state index in [2.05, 4.69) is 15.3 Å². The number of hydrogen-bond donors (Lipinski definition) is 1. The molecule has 1 aromatic rings. The molecule has 0 unspecified atom stereocenters.